The standard InChI is InChI=1S/C19H31N3O2/c1-5-15(4)16-6-7-18(19(12-16)22(23)24)21(13-14(2)3)17-8-10-20-11-9-17/h6-7,12,14-15,17,20H,5,8-11,13H2,1-4H3/t15-/m1/s1. The molecule has 0 bridgehead atoms. The van der Waals surface area contributed by atoms with Gasteiger partial charge in [-0.3, -0.25) is 10.1 Å². The van der Waals surface area contributed by atoms with Crippen LogP contribution in [0.4, 0.5) is 11.4 Å². The Bertz CT molecular complexity index is 554. The van der Waals surface area contributed by atoms with Gasteiger partial charge in [0.15, 0.2) is 0 Å². The first-order valence-electron chi connectivity index (χ1n) is 9.19. The maximum atomic E-state index is 11.7. The van der Waals surface area contributed by atoms with Gasteiger partial charge in [-0.1, -0.05) is 33.8 Å². The van der Waals surface area contributed by atoms with Gasteiger partial charge < -0.3 is 10.2 Å². The molecule has 1 saturated heterocycles. The number of nitrogens with zero attached hydrogens (tertiary/aromatic N) is 2. The molecule has 2 rings (SSSR count). The van der Waals surface area contributed by atoms with E-state index in [2.05, 4.69) is 44.0 Å². The van der Waals surface area contributed by atoms with Crippen LogP contribution in [0.1, 0.15) is 58.4 Å². The Morgan fingerprint density at radius 3 is 2.50 bits per heavy atom. The molecule has 1 fully saturated rings. The summed E-state index contributed by atoms with van der Waals surface area (Å²) in [7, 11) is 0. The van der Waals surface area contributed by atoms with Crippen LogP contribution in [0.15, 0.2) is 18.2 Å². The molecule has 1 aliphatic heterocycles. The summed E-state index contributed by atoms with van der Waals surface area (Å²) >= 11 is 0. The van der Waals surface area contributed by atoms with Crippen LogP contribution in [-0.4, -0.2) is 30.6 Å². The van der Waals surface area contributed by atoms with E-state index in [0.717, 1.165) is 50.1 Å². The molecule has 1 aromatic carbocycles. The number of hydrogen-bond donors (Lipinski definition) is 1. The van der Waals surface area contributed by atoms with Gasteiger partial charge in [-0.15, -0.1) is 0 Å². The molecule has 5 nitrogen and oxygen atoms in total. The number of nitro benzene ring substituents is 1. The van der Waals surface area contributed by atoms with Crippen LogP contribution in [-0.2, 0) is 0 Å². The van der Waals surface area contributed by atoms with Crippen molar-refractivity contribution in [2.45, 2.75) is 58.9 Å². The van der Waals surface area contributed by atoms with E-state index < -0.39 is 0 Å². The molecular weight excluding hydrogens is 302 g/mol. The van der Waals surface area contributed by atoms with Crippen molar-refractivity contribution in [3.8, 4) is 0 Å². The van der Waals surface area contributed by atoms with Crippen molar-refractivity contribution in [1.29, 1.82) is 0 Å². The van der Waals surface area contributed by atoms with Crippen molar-refractivity contribution in [2.24, 2.45) is 5.92 Å². The van der Waals surface area contributed by atoms with Crippen LogP contribution in [0.2, 0.25) is 0 Å². The highest BCUT2D eigenvalue weighted by atomic mass is 16.6. The number of piperidine rings is 1. The summed E-state index contributed by atoms with van der Waals surface area (Å²) in [4.78, 5) is 13.8. The maximum absolute atomic E-state index is 11.7. The third-order valence-electron chi connectivity index (χ3n) is 5.00. The van der Waals surface area contributed by atoms with Crippen LogP contribution >= 0.6 is 0 Å². The highest BCUT2D eigenvalue weighted by molar-refractivity contribution is 5.65. The van der Waals surface area contributed by atoms with E-state index in [1.807, 2.05) is 6.07 Å². The third-order valence-corrected chi connectivity index (χ3v) is 5.00. The minimum atomic E-state index is -0.213. The van der Waals surface area contributed by atoms with Gasteiger partial charge in [0, 0.05) is 18.7 Å². The van der Waals surface area contributed by atoms with Crippen molar-refractivity contribution in [2.75, 3.05) is 24.5 Å². The van der Waals surface area contributed by atoms with E-state index in [0.29, 0.717) is 17.9 Å². The Labute approximate surface area is 145 Å². The molecule has 1 aromatic rings. The topological polar surface area (TPSA) is 58.4 Å². The lowest BCUT2D eigenvalue weighted by atomic mass is 9.96. The van der Waals surface area contributed by atoms with E-state index in [-0.39, 0.29) is 10.6 Å². The van der Waals surface area contributed by atoms with Gasteiger partial charge in [0.05, 0.1) is 4.92 Å². The van der Waals surface area contributed by atoms with Gasteiger partial charge >= 0.3 is 0 Å². The lowest BCUT2D eigenvalue weighted by molar-refractivity contribution is -0.384. The Hall–Kier alpha value is -1.62. The normalized spacial score (nSPS) is 17.0. The Kier molecular flexibility index (Phi) is 6.60. The van der Waals surface area contributed by atoms with Crippen molar-refractivity contribution >= 4 is 11.4 Å². The smallest absolute Gasteiger partial charge is 0.292 e. The molecule has 134 valence electrons. The zero-order valence-corrected chi connectivity index (χ0v) is 15.4. The van der Waals surface area contributed by atoms with Crippen LogP contribution in [0, 0.1) is 16.0 Å². The number of nitro groups is 1. The second kappa shape index (κ2) is 8.47. The summed E-state index contributed by atoms with van der Waals surface area (Å²) in [6.07, 6.45) is 3.06. The number of benzene rings is 1. The van der Waals surface area contributed by atoms with Crippen molar-refractivity contribution in [1.82, 2.24) is 5.32 Å². The fraction of sp³-hybridized carbons (Fsp3) is 0.684. The first-order chi connectivity index (χ1) is 11.4. The second-order valence-electron chi connectivity index (χ2n) is 7.34. The predicted molar refractivity (Wildman–Crippen MR) is 99.9 cm³/mol. The molecule has 0 aromatic heterocycles. The van der Waals surface area contributed by atoms with Crippen molar-refractivity contribution in [3.63, 3.8) is 0 Å². The minimum absolute atomic E-state index is 0.213. The Morgan fingerprint density at radius 2 is 1.96 bits per heavy atom. The summed E-state index contributed by atoms with van der Waals surface area (Å²) in [5.41, 5.74) is 2.10. The van der Waals surface area contributed by atoms with Gasteiger partial charge in [0.1, 0.15) is 5.69 Å². The fourth-order valence-electron chi connectivity index (χ4n) is 3.43. The van der Waals surface area contributed by atoms with E-state index in [9.17, 15) is 10.1 Å². The monoisotopic (exact) mass is 333 g/mol. The fourth-order valence-corrected chi connectivity index (χ4v) is 3.43. The quantitative estimate of drug-likeness (QED) is 0.596. The molecule has 5 heteroatoms. The highest BCUT2D eigenvalue weighted by Gasteiger charge is 2.28. The zero-order chi connectivity index (χ0) is 17.7. The van der Waals surface area contributed by atoms with E-state index in [4.69, 9.17) is 0 Å². The van der Waals surface area contributed by atoms with E-state index >= 15 is 0 Å². The number of nitrogens with one attached hydrogen (secondary N) is 1. The van der Waals surface area contributed by atoms with Gasteiger partial charge in [0.2, 0.25) is 0 Å². The van der Waals surface area contributed by atoms with Crippen molar-refractivity contribution in [3.05, 3.63) is 33.9 Å². The summed E-state index contributed by atoms with van der Waals surface area (Å²) in [5.74, 6) is 0.809. The Balaban J connectivity index is 2.41. The molecule has 1 atom stereocenters. The lowest BCUT2D eigenvalue weighted by Gasteiger charge is -2.37. The van der Waals surface area contributed by atoms with Crippen LogP contribution in [0.25, 0.3) is 0 Å². The largest absolute Gasteiger partial charge is 0.363 e. The molecule has 0 radical (unpaired) electrons. The predicted octanol–water partition coefficient (Wildman–Crippen LogP) is 4.32. The molecule has 0 unspecified atom stereocenters. The molecule has 1 aliphatic rings. The number of rotatable bonds is 7. The third kappa shape index (κ3) is 4.47. The highest BCUT2D eigenvalue weighted by Crippen LogP contribution is 2.35. The van der Waals surface area contributed by atoms with Gasteiger partial charge in [-0.25, -0.2) is 0 Å². The van der Waals surface area contributed by atoms with E-state index in [1.165, 1.54) is 0 Å². The summed E-state index contributed by atoms with van der Waals surface area (Å²) < 4.78 is 0. The van der Waals surface area contributed by atoms with Gasteiger partial charge in [0.25, 0.3) is 5.69 Å². The average Bonchev–Trinajstić information content (AvgIpc) is 2.59. The lowest BCUT2D eigenvalue weighted by Crippen LogP contribution is -2.45. The first-order valence-corrected chi connectivity index (χ1v) is 9.19. The molecule has 0 saturated carbocycles. The van der Waals surface area contributed by atoms with Crippen LogP contribution in [0.5, 0.6) is 0 Å². The molecule has 0 amide bonds. The molecule has 1 N–H and O–H groups in total. The summed E-state index contributed by atoms with van der Waals surface area (Å²) in [5, 5.41) is 15.1. The van der Waals surface area contributed by atoms with Crippen molar-refractivity contribution < 1.29 is 4.92 Å². The molecule has 1 heterocycles. The van der Waals surface area contributed by atoms with Gasteiger partial charge in [-0.05, 0) is 55.8 Å². The summed E-state index contributed by atoms with van der Waals surface area (Å²) in [6.45, 7) is 11.4. The Morgan fingerprint density at radius 1 is 1.29 bits per heavy atom. The van der Waals surface area contributed by atoms with E-state index in [1.54, 1.807) is 6.07 Å². The molecule has 24 heavy (non-hydrogen) atoms. The molecule has 0 spiro atoms. The molecule has 0 aliphatic carbocycles. The second-order valence-corrected chi connectivity index (χ2v) is 7.34. The molecular formula is C19H31N3O2. The number of hydrogen-bond acceptors (Lipinski definition) is 4. The van der Waals surface area contributed by atoms with Crippen LogP contribution < -0.4 is 10.2 Å². The minimum Gasteiger partial charge on any atom is -0.363 e. The summed E-state index contributed by atoms with van der Waals surface area (Å²) in [6, 6.07) is 6.22. The maximum Gasteiger partial charge on any atom is 0.292 e. The SMILES string of the molecule is CC[C@@H](C)c1ccc(N(CC(C)C)C2CCNCC2)c([N+](=O)[O-])c1. The average molecular weight is 333 g/mol. The van der Waals surface area contributed by atoms with Crippen LogP contribution in [0.3, 0.4) is 0 Å². The number of anilines is 1. The first kappa shape index (κ1) is 18.7. The van der Waals surface area contributed by atoms with Gasteiger partial charge in [-0.2, -0.15) is 0 Å². The zero-order valence-electron chi connectivity index (χ0n) is 15.4.